The van der Waals surface area contributed by atoms with Gasteiger partial charge in [0.25, 0.3) is 0 Å². The quantitative estimate of drug-likeness (QED) is 0.879. The summed E-state index contributed by atoms with van der Waals surface area (Å²) in [6.45, 7) is 6.60. The largest absolute Gasteiger partial charge is 0.392 e. The average molecular weight is 259 g/mol. The van der Waals surface area contributed by atoms with Crippen LogP contribution in [0.3, 0.4) is 0 Å². The topological polar surface area (TPSA) is 25.2 Å². The van der Waals surface area contributed by atoms with Gasteiger partial charge in [-0.3, -0.25) is 0 Å². The molecule has 1 atom stereocenters. The first-order valence-electron chi connectivity index (χ1n) is 6.59. The van der Waals surface area contributed by atoms with Crippen molar-refractivity contribution in [3.8, 4) is 11.3 Å². The molecule has 0 amide bonds. The molecule has 0 saturated carbocycles. The molecule has 1 aliphatic carbocycles. The molecule has 19 heavy (non-hydrogen) atoms. The van der Waals surface area contributed by atoms with Gasteiger partial charge >= 0.3 is 0 Å². The Morgan fingerprint density at radius 1 is 1.26 bits per heavy atom. The van der Waals surface area contributed by atoms with Crippen LogP contribution in [-0.2, 0) is 12.0 Å². The van der Waals surface area contributed by atoms with E-state index in [1.807, 2.05) is 16.8 Å². The maximum atomic E-state index is 13.5. The lowest BCUT2D eigenvalue weighted by Crippen LogP contribution is -2.14. The average Bonchev–Trinajstić information content (AvgIpc) is 2.79. The van der Waals surface area contributed by atoms with Crippen LogP contribution >= 0.6 is 0 Å². The summed E-state index contributed by atoms with van der Waals surface area (Å²) in [7, 11) is 0. The number of aliphatic hydroxyl groups is 1. The lowest BCUT2D eigenvalue weighted by molar-refractivity contribution is 0.174. The third-order valence-corrected chi connectivity index (χ3v) is 4.01. The summed E-state index contributed by atoms with van der Waals surface area (Å²) in [6.07, 6.45) is 1.56. The van der Waals surface area contributed by atoms with Crippen LogP contribution in [0.4, 0.5) is 4.39 Å². The third-order valence-electron chi connectivity index (χ3n) is 4.01. The minimum atomic E-state index is -0.419. The molecular weight excluding hydrogens is 241 g/mol. The van der Waals surface area contributed by atoms with E-state index in [4.69, 9.17) is 0 Å². The molecule has 2 aromatic rings. The molecule has 0 spiro atoms. The van der Waals surface area contributed by atoms with Gasteiger partial charge in [0, 0.05) is 23.7 Å². The lowest BCUT2D eigenvalue weighted by Gasteiger charge is -2.19. The van der Waals surface area contributed by atoms with Crippen LogP contribution in [0.25, 0.3) is 11.3 Å². The predicted molar refractivity (Wildman–Crippen MR) is 73.6 cm³/mol. The van der Waals surface area contributed by atoms with Gasteiger partial charge in [-0.25, -0.2) is 4.39 Å². The van der Waals surface area contributed by atoms with E-state index in [1.54, 1.807) is 13.0 Å². The highest BCUT2D eigenvalue weighted by molar-refractivity contribution is 5.78. The van der Waals surface area contributed by atoms with Gasteiger partial charge in [0.05, 0.1) is 11.8 Å². The maximum absolute atomic E-state index is 13.5. The van der Waals surface area contributed by atoms with Crippen LogP contribution in [0.2, 0.25) is 0 Å². The molecule has 0 unspecified atom stereocenters. The van der Waals surface area contributed by atoms with Gasteiger partial charge in [0.1, 0.15) is 5.82 Å². The second-order valence-corrected chi connectivity index (χ2v) is 5.89. The van der Waals surface area contributed by atoms with Gasteiger partial charge in [-0.05, 0) is 36.2 Å². The number of nitrogens with zero attached hydrogens (tertiary/aromatic N) is 1. The second-order valence-electron chi connectivity index (χ2n) is 5.89. The summed E-state index contributed by atoms with van der Waals surface area (Å²) in [5, 5.41) is 9.59. The second kappa shape index (κ2) is 3.94. The molecule has 2 nitrogen and oxygen atoms in total. The Bertz CT molecular complexity index is 640. The SMILES string of the molecule is C[C@@H](O)Cn1ccc2c1-c1cc(F)ccc1C2(C)C. The fraction of sp³-hybridized carbons (Fsp3) is 0.375. The van der Waals surface area contributed by atoms with E-state index in [9.17, 15) is 9.50 Å². The summed E-state index contributed by atoms with van der Waals surface area (Å²) in [4.78, 5) is 0. The van der Waals surface area contributed by atoms with E-state index >= 15 is 0 Å². The Balaban J connectivity index is 2.24. The number of fused-ring (bicyclic) bond motifs is 3. The highest BCUT2D eigenvalue weighted by Gasteiger charge is 2.37. The van der Waals surface area contributed by atoms with Crippen molar-refractivity contribution in [1.82, 2.24) is 4.57 Å². The van der Waals surface area contributed by atoms with E-state index < -0.39 is 6.10 Å². The van der Waals surface area contributed by atoms with Crippen molar-refractivity contribution in [3.63, 3.8) is 0 Å². The van der Waals surface area contributed by atoms with Crippen LogP contribution in [0.15, 0.2) is 30.5 Å². The molecule has 3 rings (SSSR count). The highest BCUT2D eigenvalue weighted by Crippen LogP contribution is 2.49. The minimum Gasteiger partial charge on any atom is -0.392 e. The molecule has 0 aliphatic heterocycles. The molecule has 0 fully saturated rings. The van der Waals surface area contributed by atoms with Crippen molar-refractivity contribution in [2.24, 2.45) is 0 Å². The van der Waals surface area contributed by atoms with Crippen molar-refractivity contribution in [2.75, 3.05) is 0 Å². The van der Waals surface area contributed by atoms with Gasteiger partial charge < -0.3 is 9.67 Å². The van der Waals surface area contributed by atoms with Crippen molar-refractivity contribution in [3.05, 3.63) is 47.4 Å². The zero-order chi connectivity index (χ0) is 13.8. The molecule has 1 aliphatic rings. The van der Waals surface area contributed by atoms with Crippen LogP contribution in [0.1, 0.15) is 31.9 Å². The van der Waals surface area contributed by atoms with Crippen molar-refractivity contribution in [1.29, 1.82) is 0 Å². The fourth-order valence-electron chi connectivity index (χ4n) is 3.12. The minimum absolute atomic E-state index is 0.109. The van der Waals surface area contributed by atoms with Crippen LogP contribution in [0.5, 0.6) is 0 Å². The maximum Gasteiger partial charge on any atom is 0.123 e. The third kappa shape index (κ3) is 1.72. The fourth-order valence-corrected chi connectivity index (χ4v) is 3.12. The number of aromatic nitrogens is 1. The van der Waals surface area contributed by atoms with Crippen molar-refractivity contribution < 1.29 is 9.50 Å². The number of halogens is 1. The molecular formula is C16H18FNO. The Labute approximate surface area is 112 Å². The van der Waals surface area contributed by atoms with E-state index in [2.05, 4.69) is 19.9 Å². The molecule has 0 bridgehead atoms. The van der Waals surface area contributed by atoms with Gasteiger partial charge in [-0.1, -0.05) is 19.9 Å². The summed E-state index contributed by atoms with van der Waals surface area (Å²) < 4.78 is 15.6. The first kappa shape index (κ1) is 12.4. The van der Waals surface area contributed by atoms with Gasteiger partial charge in [0.2, 0.25) is 0 Å². The Hall–Kier alpha value is -1.61. The van der Waals surface area contributed by atoms with E-state index in [-0.39, 0.29) is 11.2 Å². The molecule has 100 valence electrons. The van der Waals surface area contributed by atoms with Crippen molar-refractivity contribution >= 4 is 0 Å². The molecule has 1 aromatic heterocycles. The number of rotatable bonds is 2. The van der Waals surface area contributed by atoms with E-state index in [0.717, 1.165) is 16.8 Å². The predicted octanol–water partition coefficient (Wildman–Crippen LogP) is 3.31. The summed E-state index contributed by atoms with van der Waals surface area (Å²) in [5.74, 6) is -0.216. The smallest absolute Gasteiger partial charge is 0.123 e. The standard InChI is InChI=1S/C16H18FNO/c1-10(19)9-18-7-6-14-15(18)12-8-11(17)4-5-13(12)16(14,2)3/h4-8,10,19H,9H2,1-3H3/t10-/m1/s1. The lowest BCUT2D eigenvalue weighted by atomic mass is 9.83. The van der Waals surface area contributed by atoms with Gasteiger partial charge in [-0.2, -0.15) is 0 Å². The first-order valence-corrected chi connectivity index (χ1v) is 6.59. The normalized spacial score (nSPS) is 17.1. The highest BCUT2D eigenvalue weighted by atomic mass is 19.1. The van der Waals surface area contributed by atoms with E-state index in [0.29, 0.717) is 6.54 Å². The summed E-state index contributed by atoms with van der Waals surface area (Å²) in [6, 6.07) is 7.07. The Morgan fingerprint density at radius 3 is 2.68 bits per heavy atom. The van der Waals surface area contributed by atoms with Crippen LogP contribution < -0.4 is 0 Å². The number of hydrogen-bond donors (Lipinski definition) is 1. The summed E-state index contributed by atoms with van der Waals surface area (Å²) in [5.41, 5.74) is 4.24. The van der Waals surface area contributed by atoms with Crippen molar-refractivity contribution in [2.45, 2.75) is 38.8 Å². The Morgan fingerprint density at radius 2 is 2.00 bits per heavy atom. The zero-order valence-corrected chi connectivity index (χ0v) is 11.4. The van der Waals surface area contributed by atoms with Crippen LogP contribution in [-0.4, -0.2) is 15.8 Å². The van der Waals surface area contributed by atoms with E-state index in [1.165, 1.54) is 11.6 Å². The van der Waals surface area contributed by atoms with Gasteiger partial charge in [-0.15, -0.1) is 0 Å². The Kier molecular flexibility index (Phi) is 2.58. The first-order chi connectivity index (χ1) is 8.91. The molecule has 1 aromatic carbocycles. The molecule has 0 radical (unpaired) electrons. The molecule has 3 heteroatoms. The molecule has 1 heterocycles. The number of benzene rings is 1. The summed E-state index contributed by atoms with van der Waals surface area (Å²) >= 11 is 0. The number of hydrogen-bond acceptors (Lipinski definition) is 1. The molecule has 0 saturated heterocycles. The van der Waals surface area contributed by atoms with Gasteiger partial charge in [0.15, 0.2) is 0 Å². The molecule has 1 N–H and O–H groups in total. The number of aliphatic hydroxyl groups excluding tert-OH is 1. The zero-order valence-electron chi connectivity index (χ0n) is 11.4. The monoisotopic (exact) mass is 259 g/mol. The van der Waals surface area contributed by atoms with Crippen LogP contribution in [0, 0.1) is 5.82 Å².